The van der Waals surface area contributed by atoms with E-state index in [1.165, 1.54) is 0 Å². The summed E-state index contributed by atoms with van der Waals surface area (Å²) in [7, 11) is 5.14. The number of methoxy groups -OCH3 is 2. The van der Waals surface area contributed by atoms with Gasteiger partial charge in [-0.3, -0.25) is 4.99 Å². The fourth-order valence-corrected chi connectivity index (χ4v) is 3.38. The van der Waals surface area contributed by atoms with Gasteiger partial charge in [-0.25, -0.2) is 9.67 Å². The Bertz CT molecular complexity index is 823. The van der Waals surface area contributed by atoms with Gasteiger partial charge in [0.2, 0.25) is 0 Å². The van der Waals surface area contributed by atoms with Gasteiger partial charge in [0, 0.05) is 53.3 Å². The summed E-state index contributed by atoms with van der Waals surface area (Å²) in [6.45, 7) is 3.21. The van der Waals surface area contributed by atoms with E-state index in [4.69, 9.17) is 14.2 Å². The topological polar surface area (TPSA) is 94.8 Å². The summed E-state index contributed by atoms with van der Waals surface area (Å²) in [5.41, 5.74) is 1.13. The smallest absolute Gasteiger partial charge is 0.191 e. The molecular formula is C21H32N6O3. The van der Waals surface area contributed by atoms with Crippen molar-refractivity contribution >= 4 is 5.96 Å². The molecule has 0 radical (unpaired) electrons. The molecule has 1 unspecified atom stereocenters. The molecule has 0 spiro atoms. The van der Waals surface area contributed by atoms with Crippen molar-refractivity contribution in [1.29, 1.82) is 0 Å². The third-order valence-corrected chi connectivity index (χ3v) is 4.86. The van der Waals surface area contributed by atoms with E-state index in [9.17, 15) is 0 Å². The van der Waals surface area contributed by atoms with E-state index in [1.807, 2.05) is 22.9 Å². The zero-order valence-electron chi connectivity index (χ0n) is 18.1. The van der Waals surface area contributed by atoms with Crippen molar-refractivity contribution in [1.82, 2.24) is 25.4 Å². The number of nitrogens with one attached hydrogen (secondary N) is 2. The van der Waals surface area contributed by atoms with Crippen molar-refractivity contribution in [3.8, 4) is 5.75 Å². The number of ether oxygens (including phenoxy) is 3. The van der Waals surface area contributed by atoms with Gasteiger partial charge in [0.1, 0.15) is 18.2 Å². The van der Waals surface area contributed by atoms with E-state index in [-0.39, 0.29) is 6.04 Å². The molecule has 0 aliphatic carbocycles. The molecule has 1 aliphatic rings. The molecule has 1 aromatic heterocycles. The lowest BCUT2D eigenvalue weighted by Gasteiger charge is -2.25. The second-order valence-corrected chi connectivity index (χ2v) is 7.21. The lowest BCUT2D eigenvalue weighted by atomic mass is 10.1. The molecule has 1 atom stereocenters. The van der Waals surface area contributed by atoms with Crippen LogP contribution in [0.4, 0.5) is 0 Å². The lowest BCUT2D eigenvalue weighted by molar-refractivity contribution is 0.172. The van der Waals surface area contributed by atoms with Gasteiger partial charge in [0.25, 0.3) is 0 Å². The molecule has 0 bridgehead atoms. The van der Waals surface area contributed by atoms with Crippen LogP contribution in [0.15, 0.2) is 29.3 Å². The van der Waals surface area contributed by atoms with Gasteiger partial charge >= 0.3 is 0 Å². The maximum atomic E-state index is 5.78. The minimum Gasteiger partial charge on any atom is -0.493 e. The van der Waals surface area contributed by atoms with Crippen LogP contribution in [-0.2, 0) is 35.6 Å². The first-order valence-corrected chi connectivity index (χ1v) is 10.3. The highest BCUT2D eigenvalue weighted by atomic mass is 16.5. The molecule has 3 rings (SSSR count). The average molecular weight is 417 g/mol. The number of aryl methyl sites for hydroxylation is 1. The molecule has 9 nitrogen and oxygen atoms in total. The maximum Gasteiger partial charge on any atom is 0.191 e. The second kappa shape index (κ2) is 11.5. The number of aliphatic imine (C=N–C) groups is 1. The predicted octanol–water partition coefficient (Wildman–Crippen LogP) is 1.52. The van der Waals surface area contributed by atoms with E-state index >= 15 is 0 Å². The average Bonchev–Trinajstić information content (AvgIpc) is 3.16. The van der Waals surface area contributed by atoms with Crippen molar-refractivity contribution < 1.29 is 14.2 Å². The Kier molecular flexibility index (Phi) is 8.46. The molecule has 0 saturated carbocycles. The SMILES string of the molecule is CN=C(NCc1cccc(OCCCOC)c1)NC1CCc2nc(COC)nn2C1. The molecule has 0 amide bonds. The van der Waals surface area contributed by atoms with E-state index in [0.717, 1.165) is 54.7 Å². The summed E-state index contributed by atoms with van der Waals surface area (Å²) in [6.07, 6.45) is 2.74. The minimum atomic E-state index is 0.247. The van der Waals surface area contributed by atoms with Crippen LogP contribution in [0.3, 0.4) is 0 Å². The number of rotatable bonds is 10. The summed E-state index contributed by atoms with van der Waals surface area (Å²) in [5, 5.41) is 11.4. The van der Waals surface area contributed by atoms with Crippen LogP contribution in [0.25, 0.3) is 0 Å². The molecular weight excluding hydrogens is 384 g/mol. The summed E-state index contributed by atoms with van der Waals surface area (Å²) < 4.78 is 17.9. The van der Waals surface area contributed by atoms with Gasteiger partial charge in [0.05, 0.1) is 13.2 Å². The Labute approximate surface area is 177 Å². The second-order valence-electron chi connectivity index (χ2n) is 7.21. The largest absolute Gasteiger partial charge is 0.493 e. The van der Waals surface area contributed by atoms with E-state index in [2.05, 4.69) is 31.8 Å². The number of hydrogen-bond acceptors (Lipinski definition) is 6. The number of aromatic nitrogens is 3. The maximum absolute atomic E-state index is 5.78. The Morgan fingerprint density at radius 2 is 2.17 bits per heavy atom. The number of guanidine groups is 1. The molecule has 2 heterocycles. The van der Waals surface area contributed by atoms with E-state index in [0.29, 0.717) is 26.4 Å². The van der Waals surface area contributed by atoms with Gasteiger partial charge in [-0.1, -0.05) is 12.1 Å². The molecule has 164 valence electrons. The van der Waals surface area contributed by atoms with Gasteiger partial charge in [-0.2, -0.15) is 5.10 Å². The van der Waals surface area contributed by atoms with Crippen LogP contribution >= 0.6 is 0 Å². The third-order valence-electron chi connectivity index (χ3n) is 4.86. The summed E-state index contributed by atoms with van der Waals surface area (Å²) in [5.74, 6) is 3.39. The minimum absolute atomic E-state index is 0.247. The first kappa shape index (κ1) is 22.0. The molecule has 9 heteroatoms. The highest BCUT2D eigenvalue weighted by molar-refractivity contribution is 5.79. The molecule has 0 fully saturated rings. The van der Waals surface area contributed by atoms with Crippen molar-refractivity contribution in [3.05, 3.63) is 41.5 Å². The van der Waals surface area contributed by atoms with Crippen molar-refractivity contribution in [2.24, 2.45) is 4.99 Å². The Hall–Kier alpha value is -2.65. The zero-order valence-corrected chi connectivity index (χ0v) is 18.1. The summed E-state index contributed by atoms with van der Waals surface area (Å²) in [6, 6.07) is 8.34. The van der Waals surface area contributed by atoms with Crippen LogP contribution in [0.5, 0.6) is 5.75 Å². The first-order chi connectivity index (χ1) is 14.7. The highest BCUT2D eigenvalue weighted by Crippen LogP contribution is 2.15. The molecule has 2 aromatic rings. The monoisotopic (exact) mass is 416 g/mol. The van der Waals surface area contributed by atoms with Crippen LogP contribution in [0, 0.1) is 0 Å². The van der Waals surface area contributed by atoms with Gasteiger partial charge in [-0.05, 0) is 24.1 Å². The van der Waals surface area contributed by atoms with Crippen molar-refractivity contribution in [3.63, 3.8) is 0 Å². The lowest BCUT2D eigenvalue weighted by Crippen LogP contribution is -2.46. The predicted molar refractivity (Wildman–Crippen MR) is 115 cm³/mol. The zero-order chi connectivity index (χ0) is 21.2. The molecule has 1 aromatic carbocycles. The first-order valence-electron chi connectivity index (χ1n) is 10.3. The number of fused-ring (bicyclic) bond motifs is 1. The van der Waals surface area contributed by atoms with Crippen LogP contribution in [0.2, 0.25) is 0 Å². The van der Waals surface area contributed by atoms with Crippen molar-refractivity contribution in [2.75, 3.05) is 34.5 Å². The van der Waals surface area contributed by atoms with E-state index < -0.39 is 0 Å². The quantitative estimate of drug-likeness (QED) is 0.344. The number of hydrogen-bond donors (Lipinski definition) is 2. The normalized spacial score (nSPS) is 16.2. The van der Waals surface area contributed by atoms with Gasteiger partial charge < -0.3 is 24.8 Å². The molecule has 2 N–H and O–H groups in total. The summed E-state index contributed by atoms with van der Waals surface area (Å²) in [4.78, 5) is 8.89. The fourth-order valence-electron chi connectivity index (χ4n) is 3.38. The molecule has 0 saturated heterocycles. The van der Waals surface area contributed by atoms with Crippen LogP contribution < -0.4 is 15.4 Å². The fraction of sp³-hybridized carbons (Fsp3) is 0.571. The Morgan fingerprint density at radius 3 is 2.97 bits per heavy atom. The van der Waals surface area contributed by atoms with Crippen molar-refractivity contribution in [2.45, 2.75) is 45.0 Å². The highest BCUT2D eigenvalue weighted by Gasteiger charge is 2.22. The standard InChI is InChI=1S/C21H32N6O3/c1-22-21(23-13-16-6-4-7-18(12-16)30-11-5-10-28-2)24-17-8-9-20-25-19(15-29-3)26-27(20)14-17/h4,6-7,12,17H,5,8-11,13-15H2,1-3H3,(H2,22,23,24). The summed E-state index contributed by atoms with van der Waals surface area (Å²) >= 11 is 0. The van der Waals surface area contributed by atoms with Crippen LogP contribution in [0.1, 0.15) is 30.1 Å². The van der Waals surface area contributed by atoms with Crippen LogP contribution in [-0.4, -0.2) is 61.2 Å². The third kappa shape index (κ3) is 6.43. The number of benzene rings is 1. The molecule has 1 aliphatic heterocycles. The Balaban J connectivity index is 1.48. The van der Waals surface area contributed by atoms with E-state index in [1.54, 1.807) is 21.3 Å². The van der Waals surface area contributed by atoms with Gasteiger partial charge in [-0.15, -0.1) is 0 Å². The number of nitrogens with zero attached hydrogens (tertiary/aromatic N) is 4. The van der Waals surface area contributed by atoms with Gasteiger partial charge in [0.15, 0.2) is 11.8 Å². The Morgan fingerprint density at radius 1 is 1.27 bits per heavy atom. The molecule has 30 heavy (non-hydrogen) atoms.